The van der Waals surface area contributed by atoms with Crippen LogP contribution in [-0.2, 0) is 4.79 Å². The van der Waals surface area contributed by atoms with E-state index in [1.54, 1.807) is 0 Å². The second-order valence-corrected chi connectivity index (χ2v) is 3.79. The molecule has 12 heavy (non-hydrogen) atoms. The molecule has 1 N–H and O–H groups in total. The van der Waals surface area contributed by atoms with Gasteiger partial charge in [-0.15, -0.1) is 0 Å². The fraction of sp³-hybridized carbons (Fsp3) is 0.125. The van der Waals surface area contributed by atoms with Crippen molar-refractivity contribution < 1.29 is 9.90 Å². The normalized spacial score (nSPS) is 8.25. The summed E-state index contributed by atoms with van der Waals surface area (Å²) in [6, 6.07) is 7.96. The topological polar surface area (TPSA) is 37.3 Å². The van der Waals surface area contributed by atoms with Gasteiger partial charge >= 0.3 is 0 Å². The fourth-order valence-electron chi connectivity index (χ4n) is 0.430. The molecule has 0 heterocycles. The lowest BCUT2D eigenvalue weighted by Crippen LogP contribution is -1.78. The Hall–Kier alpha value is -0.350. The lowest BCUT2D eigenvalue weighted by Gasteiger charge is -1.86. The van der Waals surface area contributed by atoms with Crippen molar-refractivity contribution in [1.82, 2.24) is 0 Å². The first-order valence-electron chi connectivity index (χ1n) is 3.13. The highest BCUT2D eigenvalue weighted by molar-refractivity contribution is 9.11. The van der Waals surface area contributed by atoms with Crippen LogP contribution in [0.1, 0.15) is 6.92 Å². The lowest BCUT2D eigenvalue weighted by molar-refractivity contribution is -0.134. The largest absolute Gasteiger partial charge is 0.481 e. The summed E-state index contributed by atoms with van der Waals surface area (Å²) in [4.78, 5) is 9.00. The monoisotopic (exact) mass is 294 g/mol. The Labute approximate surface area is 87.9 Å². The Balaban J connectivity index is 0.000000261. The van der Waals surface area contributed by atoms with Gasteiger partial charge in [0.2, 0.25) is 0 Å². The van der Waals surface area contributed by atoms with Crippen molar-refractivity contribution in [2.75, 3.05) is 0 Å². The van der Waals surface area contributed by atoms with Gasteiger partial charge in [0.1, 0.15) is 0 Å². The zero-order valence-corrected chi connectivity index (χ0v) is 9.59. The predicted octanol–water partition coefficient (Wildman–Crippen LogP) is 3.30. The molecule has 0 unspecified atom stereocenters. The van der Waals surface area contributed by atoms with Crippen LogP contribution in [0.4, 0.5) is 0 Å². The summed E-state index contributed by atoms with van der Waals surface area (Å²) in [5.74, 6) is -0.833. The van der Waals surface area contributed by atoms with Crippen molar-refractivity contribution in [1.29, 1.82) is 0 Å². The van der Waals surface area contributed by atoms with Crippen LogP contribution in [0.5, 0.6) is 0 Å². The van der Waals surface area contributed by atoms with Crippen molar-refractivity contribution in [3.8, 4) is 0 Å². The first-order valence-corrected chi connectivity index (χ1v) is 4.71. The third-order valence-electron chi connectivity index (χ3n) is 0.804. The van der Waals surface area contributed by atoms with Crippen molar-refractivity contribution in [3.05, 3.63) is 33.2 Å². The van der Waals surface area contributed by atoms with E-state index >= 15 is 0 Å². The smallest absolute Gasteiger partial charge is 0.300 e. The molecule has 0 saturated carbocycles. The molecule has 0 bridgehead atoms. The molecule has 0 aliphatic rings. The summed E-state index contributed by atoms with van der Waals surface area (Å²) in [5, 5.41) is 7.42. The van der Waals surface area contributed by atoms with Crippen molar-refractivity contribution in [3.63, 3.8) is 0 Å². The Morgan fingerprint density at radius 3 is 1.50 bits per heavy atom. The van der Waals surface area contributed by atoms with Crippen LogP contribution in [0.25, 0.3) is 0 Å². The van der Waals surface area contributed by atoms with Gasteiger partial charge in [-0.1, -0.05) is 31.9 Å². The van der Waals surface area contributed by atoms with Crippen LogP contribution in [0.2, 0.25) is 0 Å². The Morgan fingerprint density at radius 2 is 1.33 bits per heavy atom. The molecule has 0 radical (unpaired) electrons. The molecule has 1 aromatic rings. The number of carboxylic acid groups (broad SMARTS) is 1. The lowest BCUT2D eigenvalue weighted by atomic mass is 10.4. The summed E-state index contributed by atoms with van der Waals surface area (Å²) in [5.41, 5.74) is 0. The third kappa shape index (κ3) is 7.75. The molecule has 1 aromatic carbocycles. The van der Waals surface area contributed by atoms with E-state index in [1.807, 2.05) is 24.3 Å². The highest BCUT2D eigenvalue weighted by Gasteiger charge is 1.83. The minimum Gasteiger partial charge on any atom is -0.481 e. The van der Waals surface area contributed by atoms with Gasteiger partial charge in [0.05, 0.1) is 0 Å². The Kier molecular flexibility index (Phi) is 6.02. The number of hydrogen-bond acceptors (Lipinski definition) is 1. The molecule has 0 aromatic heterocycles. The maximum atomic E-state index is 9.00. The van der Waals surface area contributed by atoms with E-state index in [4.69, 9.17) is 9.90 Å². The maximum Gasteiger partial charge on any atom is 0.300 e. The molecule has 0 spiro atoms. The van der Waals surface area contributed by atoms with E-state index in [2.05, 4.69) is 31.9 Å². The quantitative estimate of drug-likeness (QED) is 0.797. The molecule has 1 rings (SSSR count). The summed E-state index contributed by atoms with van der Waals surface area (Å²) >= 11 is 6.65. The van der Waals surface area contributed by atoms with Crippen molar-refractivity contribution in [2.45, 2.75) is 6.92 Å². The van der Waals surface area contributed by atoms with E-state index in [-0.39, 0.29) is 0 Å². The second-order valence-electron chi connectivity index (χ2n) is 1.96. The molecule has 0 aliphatic heterocycles. The standard InChI is InChI=1S/C6H4Br2.C2H4O2/c7-5-1-2-6(8)4-3-5;1-2(3)4/h1-4H;1H3,(H,3,4). The van der Waals surface area contributed by atoms with Gasteiger partial charge in [-0.25, -0.2) is 0 Å². The van der Waals surface area contributed by atoms with Crippen LogP contribution < -0.4 is 0 Å². The van der Waals surface area contributed by atoms with E-state index in [1.165, 1.54) is 0 Å². The fourth-order valence-corrected chi connectivity index (χ4v) is 0.958. The molecule has 0 fully saturated rings. The van der Waals surface area contributed by atoms with Crippen LogP contribution in [0, 0.1) is 0 Å². The number of benzene rings is 1. The highest BCUT2D eigenvalue weighted by Crippen LogP contribution is 2.14. The van der Waals surface area contributed by atoms with Crippen molar-refractivity contribution >= 4 is 37.8 Å². The maximum absolute atomic E-state index is 9.00. The highest BCUT2D eigenvalue weighted by atomic mass is 79.9. The number of carbonyl (C=O) groups is 1. The molecule has 4 heteroatoms. The van der Waals surface area contributed by atoms with Crippen LogP contribution in [0.15, 0.2) is 33.2 Å². The average Bonchev–Trinajstić information content (AvgIpc) is 1.94. The van der Waals surface area contributed by atoms with Crippen LogP contribution >= 0.6 is 31.9 Å². The SMILES string of the molecule is Brc1ccc(Br)cc1.CC(=O)O. The summed E-state index contributed by atoms with van der Waals surface area (Å²) in [7, 11) is 0. The second kappa shape index (κ2) is 6.20. The first kappa shape index (κ1) is 11.6. The number of rotatable bonds is 0. The number of carboxylic acids is 1. The van der Waals surface area contributed by atoms with Gasteiger partial charge in [-0.3, -0.25) is 4.79 Å². The van der Waals surface area contributed by atoms with E-state index in [0.29, 0.717) is 0 Å². The van der Waals surface area contributed by atoms with Gasteiger partial charge in [-0.05, 0) is 24.3 Å². The van der Waals surface area contributed by atoms with Gasteiger partial charge in [0, 0.05) is 15.9 Å². The average molecular weight is 296 g/mol. The zero-order valence-electron chi connectivity index (χ0n) is 6.42. The summed E-state index contributed by atoms with van der Waals surface area (Å²) in [6.07, 6.45) is 0. The van der Waals surface area contributed by atoms with Crippen molar-refractivity contribution in [2.24, 2.45) is 0 Å². The summed E-state index contributed by atoms with van der Waals surface area (Å²) in [6.45, 7) is 1.08. The number of halogens is 2. The summed E-state index contributed by atoms with van der Waals surface area (Å²) < 4.78 is 2.22. The van der Waals surface area contributed by atoms with Gasteiger partial charge in [0.15, 0.2) is 0 Å². The van der Waals surface area contributed by atoms with E-state index < -0.39 is 5.97 Å². The minimum atomic E-state index is -0.833. The predicted molar refractivity (Wildman–Crippen MR) is 55.2 cm³/mol. The molecule has 0 atom stereocenters. The molecular weight excluding hydrogens is 288 g/mol. The molecule has 2 nitrogen and oxygen atoms in total. The molecular formula is C8H8Br2O2. The third-order valence-corrected chi connectivity index (χ3v) is 1.86. The number of aliphatic carboxylic acids is 1. The van der Waals surface area contributed by atoms with Gasteiger partial charge in [0.25, 0.3) is 5.97 Å². The van der Waals surface area contributed by atoms with Gasteiger partial charge in [-0.2, -0.15) is 0 Å². The molecule has 0 saturated heterocycles. The van der Waals surface area contributed by atoms with Gasteiger partial charge < -0.3 is 5.11 Å². The minimum absolute atomic E-state index is 0.833. The Morgan fingerprint density at radius 1 is 1.17 bits per heavy atom. The zero-order chi connectivity index (χ0) is 9.56. The first-order chi connectivity index (χ1) is 5.52. The number of hydrogen-bond donors (Lipinski definition) is 1. The van der Waals surface area contributed by atoms with Crippen LogP contribution in [-0.4, -0.2) is 11.1 Å². The molecule has 0 aliphatic carbocycles. The van der Waals surface area contributed by atoms with E-state index in [0.717, 1.165) is 15.9 Å². The molecule has 0 amide bonds. The van der Waals surface area contributed by atoms with E-state index in [9.17, 15) is 0 Å². The van der Waals surface area contributed by atoms with Crippen LogP contribution in [0.3, 0.4) is 0 Å². The molecule has 66 valence electrons. The Bertz CT molecular complexity index is 219.